The van der Waals surface area contributed by atoms with Crippen molar-refractivity contribution in [3.8, 4) is 5.75 Å². The number of carbonyl (C=O) groups is 1. The van der Waals surface area contributed by atoms with Gasteiger partial charge in [-0.05, 0) is 114 Å². The minimum absolute atomic E-state index is 0.0768. The Morgan fingerprint density at radius 2 is 1.64 bits per heavy atom. The molecule has 1 atom stereocenters. The van der Waals surface area contributed by atoms with Gasteiger partial charge in [0.1, 0.15) is 12.0 Å². The molecule has 7 heteroatoms. The molecule has 0 amide bonds. The summed E-state index contributed by atoms with van der Waals surface area (Å²) in [6, 6.07) is 16.6. The first-order valence-corrected chi connectivity index (χ1v) is 15.4. The standard InChI is InChI=1S/C35H48F3NO3/c1-32(2,35(36,37)38)25-39(22-26-6-10-28(11-7-26)29-12-8-27(23-40)9-13-29)20-18-34(19-21-42-33(3,4)24-34)30-14-16-31(41-5)17-15-30/h6-7,10-11,14-17,23,27,29H,8-9,12-13,18-22,24-25H2,1-5H3/t27-,29-,34-/m1/s1. The molecule has 0 N–H and O–H groups in total. The van der Waals surface area contributed by atoms with Crippen LogP contribution in [0.2, 0.25) is 0 Å². The van der Waals surface area contributed by atoms with Gasteiger partial charge in [-0.1, -0.05) is 36.4 Å². The molecule has 2 aromatic carbocycles. The van der Waals surface area contributed by atoms with Crippen LogP contribution < -0.4 is 4.74 Å². The van der Waals surface area contributed by atoms with Gasteiger partial charge in [0, 0.05) is 31.0 Å². The summed E-state index contributed by atoms with van der Waals surface area (Å²) >= 11 is 0. The number of methoxy groups -OCH3 is 1. The third kappa shape index (κ3) is 7.96. The zero-order chi connectivity index (χ0) is 30.6. The van der Waals surface area contributed by atoms with Gasteiger partial charge in [-0.2, -0.15) is 13.2 Å². The number of ether oxygens (including phenoxy) is 2. The summed E-state index contributed by atoms with van der Waals surface area (Å²) in [5.41, 5.74) is 1.08. The molecule has 0 aromatic heterocycles. The molecule has 0 spiro atoms. The van der Waals surface area contributed by atoms with Crippen molar-refractivity contribution in [2.75, 3.05) is 26.8 Å². The smallest absolute Gasteiger partial charge is 0.395 e. The molecule has 4 rings (SSSR count). The topological polar surface area (TPSA) is 38.8 Å². The summed E-state index contributed by atoms with van der Waals surface area (Å²) in [5, 5.41) is 0. The minimum atomic E-state index is -4.30. The molecule has 1 saturated heterocycles. The van der Waals surface area contributed by atoms with Gasteiger partial charge < -0.3 is 14.3 Å². The zero-order valence-corrected chi connectivity index (χ0v) is 25.9. The van der Waals surface area contributed by atoms with E-state index in [0.29, 0.717) is 25.6 Å². The van der Waals surface area contributed by atoms with Crippen molar-refractivity contribution in [1.29, 1.82) is 0 Å². The third-order valence-electron chi connectivity index (χ3n) is 9.65. The summed E-state index contributed by atoms with van der Waals surface area (Å²) in [5.74, 6) is 1.40. The number of rotatable bonds is 11. The van der Waals surface area contributed by atoms with Crippen molar-refractivity contribution in [3.05, 3.63) is 65.2 Å². The first kappa shape index (κ1) is 32.5. The number of halogens is 3. The Bertz CT molecular complexity index is 1150. The largest absolute Gasteiger partial charge is 0.497 e. The molecule has 2 fully saturated rings. The molecule has 0 unspecified atom stereocenters. The van der Waals surface area contributed by atoms with E-state index in [1.807, 2.05) is 17.0 Å². The molecule has 2 aromatic rings. The van der Waals surface area contributed by atoms with Crippen molar-refractivity contribution in [1.82, 2.24) is 4.90 Å². The van der Waals surface area contributed by atoms with Crippen LogP contribution in [0.1, 0.15) is 95.2 Å². The van der Waals surface area contributed by atoms with E-state index in [2.05, 4.69) is 50.2 Å². The van der Waals surface area contributed by atoms with Crippen molar-refractivity contribution in [3.63, 3.8) is 0 Å². The highest BCUT2D eigenvalue weighted by Gasteiger charge is 2.48. The number of nitrogens with zero attached hydrogens (tertiary/aromatic N) is 1. The van der Waals surface area contributed by atoms with Crippen molar-refractivity contribution in [2.24, 2.45) is 11.3 Å². The Labute approximate surface area is 250 Å². The molecule has 232 valence electrons. The molecule has 2 aliphatic rings. The minimum Gasteiger partial charge on any atom is -0.497 e. The Balaban J connectivity index is 1.55. The van der Waals surface area contributed by atoms with Crippen LogP contribution in [0.15, 0.2) is 48.5 Å². The van der Waals surface area contributed by atoms with E-state index in [-0.39, 0.29) is 23.5 Å². The highest BCUT2D eigenvalue weighted by Crippen LogP contribution is 2.45. The molecular weight excluding hydrogens is 539 g/mol. The summed E-state index contributed by atoms with van der Waals surface area (Å²) in [7, 11) is 1.65. The van der Waals surface area contributed by atoms with Crippen LogP contribution in [0.25, 0.3) is 0 Å². The lowest BCUT2D eigenvalue weighted by Gasteiger charge is -2.46. The van der Waals surface area contributed by atoms with Crippen LogP contribution in [-0.2, 0) is 21.5 Å². The average Bonchev–Trinajstić information content (AvgIpc) is 2.95. The monoisotopic (exact) mass is 587 g/mol. The van der Waals surface area contributed by atoms with Crippen molar-refractivity contribution in [2.45, 2.75) is 102 Å². The number of alkyl halides is 3. The maximum atomic E-state index is 14.1. The van der Waals surface area contributed by atoms with Crippen LogP contribution in [0, 0.1) is 11.3 Å². The summed E-state index contributed by atoms with van der Waals surface area (Å²) < 4.78 is 53.7. The first-order valence-electron chi connectivity index (χ1n) is 15.4. The van der Waals surface area contributed by atoms with Gasteiger partial charge in [0.2, 0.25) is 0 Å². The van der Waals surface area contributed by atoms with Gasteiger partial charge in [-0.15, -0.1) is 0 Å². The highest BCUT2D eigenvalue weighted by atomic mass is 19.4. The second kappa shape index (κ2) is 13.1. The van der Waals surface area contributed by atoms with Crippen LogP contribution in [0.3, 0.4) is 0 Å². The molecule has 1 aliphatic carbocycles. The quantitative estimate of drug-likeness (QED) is 0.247. The zero-order valence-electron chi connectivity index (χ0n) is 25.9. The Morgan fingerprint density at radius 3 is 2.19 bits per heavy atom. The fourth-order valence-corrected chi connectivity index (χ4v) is 7.00. The highest BCUT2D eigenvalue weighted by molar-refractivity contribution is 5.53. The number of hydrogen-bond acceptors (Lipinski definition) is 4. The van der Waals surface area contributed by atoms with Crippen molar-refractivity contribution < 1.29 is 27.4 Å². The molecule has 42 heavy (non-hydrogen) atoms. The molecule has 0 radical (unpaired) electrons. The Morgan fingerprint density at radius 1 is 1.00 bits per heavy atom. The van der Waals surface area contributed by atoms with Gasteiger partial charge in [0.15, 0.2) is 0 Å². The first-order chi connectivity index (χ1) is 19.8. The van der Waals surface area contributed by atoms with E-state index in [1.165, 1.54) is 25.0 Å². The SMILES string of the molecule is COc1ccc([C@]2(CCN(Cc3ccc([C@H]4CC[C@H](C=O)CC4)cc3)CC(C)(C)C(F)(F)F)CCOC(C)(C)C2)cc1. The summed E-state index contributed by atoms with van der Waals surface area (Å²) in [6.45, 7) is 8.33. The van der Waals surface area contributed by atoms with E-state index in [9.17, 15) is 18.0 Å². The second-order valence-corrected chi connectivity index (χ2v) is 13.9. The number of aldehydes is 1. The van der Waals surface area contributed by atoms with Crippen LogP contribution >= 0.6 is 0 Å². The lowest BCUT2D eigenvalue weighted by atomic mass is 9.67. The van der Waals surface area contributed by atoms with E-state index >= 15 is 0 Å². The predicted molar refractivity (Wildman–Crippen MR) is 161 cm³/mol. The maximum Gasteiger partial charge on any atom is 0.395 e. The molecule has 1 saturated carbocycles. The molecule has 1 aliphatic heterocycles. The number of carbonyl (C=O) groups excluding carboxylic acids is 1. The summed E-state index contributed by atoms with van der Waals surface area (Å²) in [6.07, 6.45) is 2.98. The van der Waals surface area contributed by atoms with Crippen LogP contribution in [-0.4, -0.2) is 49.8 Å². The lowest BCUT2D eigenvalue weighted by Crippen LogP contribution is -2.47. The average molecular weight is 588 g/mol. The van der Waals surface area contributed by atoms with Gasteiger partial charge in [-0.3, -0.25) is 4.90 Å². The fraction of sp³-hybridized carbons (Fsp3) is 0.629. The second-order valence-electron chi connectivity index (χ2n) is 13.9. The van der Waals surface area contributed by atoms with Crippen LogP contribution in [0.5, 0.6) is 5.75 Å². The van der Waals surface area contributed by atoms with Gasteiger partial charge >= 0.3 is 6.18 Å². The molecule has 4 nitrogen and oxygen atoms in total. The lowest BCUT2D eigenvalue weighted by molar-refractivity contribution is -0.217. The predicted octanol–water partition coefficient (Wildman–Crippen LogP) is 8.48. The molecule has 0 bridgehead atoms. The van der Waals surface area contributed by atoms with Gasteiger partial charge in [-0.25, -0.2) is 0 Å². The van der Waals surface area contributed by atoms with E-state index < -0.39 is 11.6 Å². The Kier molecular flexibility index (Phi) is 10.1. The van der Waals surface area contributed by atoms with Crippen LogP contribution in [0.4, 0.5) is 13.2 Å². The number of benzene rings is 2. The van der Waals surface area contributed by atoms with Gasteiger partial charge in [0.05, 0.1) is 18.1 Å². The van der Waals surface area contributed by atoms with Crippen molar-refractivity contribution >= 4 is 6.29 Å². The van der Waals surface area contributed by atoms with E-state index in [0.717, 1.165) is 62.5 Å². The molecule has 1 heterocycles. The fourth-order valence-electron chi connectivity index (χ4n) is 7.00. The Hall–Kier alpha value is -2.38. The summed E-state index contributed by atoms with van der Waals surface area (Å²) in [4.78, 5) is 13.1. The van der Waals surface area contributed by atoms with Gasteiger partial charge in [0.25, 0.3) is 0 Å². The molecular formula is C35H48F3NO3. The van der Waals surface area contributed by atoms with E-state index in [4.69, 9.17) is 9.47 Å². The maximum absolute atomic E-state index is 14.1. The number of hydrogen-bond donors (Lipinski definition) is 0. The third-order valence-corrected chi connectivity index (χ3v) is 9.65. The normalized spacial score (nSPS) is 24.9. The van der Waals surface area contributed by atoms with E-state index in [1.54, 1.807) is 7.11 Å².